The van der Waals surface area contributed by atoms with Gasteiger partial charge in [-0.1, -0.05) is 6.92 Å². The highest BCUT2D eigenvalue weighted by Crippen LogP contribution is 2.66. The van der Waals surface area contributed by atoms with Crippen molar-refractivity contribution in [2.75, 3.05) is 0 Å². The van der Waals surface area contributed by atoms with Gasteiger partial charge >= 0.3 is 0 Å². The van der Waals surface area contributed by atoms with Crippen LogP contribution in [0.25, 0.3) is 0 Å². The number of fused-ring (bicyclic) bond motifs is 2. The Morgan fingerprint density at radius 3 is 2.41 bits per heavy atom. The van der Waals surface area contributed by atoms with E-state index in [4.69, 9.17) is 19.3 Å². The van der Waals surface area contributed by atoms with E-state index in [1.54, 1.807) is 19.9 Å². The second-order valence-electron chi connectivity index (χ2n) is 5.67. The summed E-state index contributed by atoms with van der Waals surface area (Å²) in [5.41, 5.74) is -3.15. The molecule has 1 aromatic rings. The Morgan fingerprint density at radius 1 is 1.23 bits per heavy atom. The van der Waals surface area contributed by atoms with Gasteiger partial charge in [0.15, 0.2) is 5.41 Å². The van der Waals surface area contributed by atoms with E-state index in [9.17, 15) is 15.8 Å². The summed E-state index contributed by atoms with van der Waals surface area (Å²) in [7, 11) is 0. The Bertz CT molecular complexity index is 752. The molecule has 0 spiro atoms. The molecule has 0 amide bonds. The van der Waals surface area contributed by atoms with Gasteiger partial charge in [-0.2, -0.15) is 15.8 Å². The van der Waals surface area contributed by atoms with E-state index >= 15 is 0 Å². The second kappa shape index (κ2) is 4.10. The third-order valence-corrected chi connectivity index (χ3v) is 4.84. The van der Waals surface area contributed by atoms with Crippen molar-refractivity contribution in [1.82, 2.24) is 0 Å². The van der Waals surface area contributed by atoms with Crippen molar-refractivity contribution in [2.45, 2.75) is 25.7 Å². The molecule has 0 radical (unpaired) electrons. The molecule has 22 heavy (non-hydrogen) atoms. The lowest BCUT2D eigenvalue weighted by Gasteiger charge is -2.47. The van der Waals surface area contributed by atoms with Gasteiger partial charge in [-0.15, -0.1) is 0 Å². The average Bonchev–Trinajstić information content (AvgIpc) is 3.07. The fourth-order valence-electron chi connectivity index (χ4n) is 3.43. The van der Waals surface area contributed by atoms with E-state index in [0.717, 1.165) is 0 Å². The topological polar surface area (TPSA) is 127 Å². The third kappa shape index (κ3) is 1.24. The highest BCUT2D eigenvalue weighted by atomic mass is 16.7. The van der Waals surface area contributed by atoms with Crippen molar-refractivity contribution in [3.8, 4) is 18.2 Å². The number of furan rings is 1. The summed E-state index contributed by atoms with van der Waals surface area (Å²) in [6.45, 7) is 3.26. The molecular weight excluding hydrogens is 284 g/mol. The molecule has 7 nitrogen and oxygen atoms in total. The van der Waals surface area contributed by atoms with Gasteiger partial charge in [0.25, 0.3) is 0 Å². The van der Waals surface area contributed by atoms with Crippen molar-refractivity contribution < 1.29 is 13.9 Å². The fraction of sp³-hybridized carbons (Fsp3) is 0.467. The normalized spacial score (nSPS) is 38.4. The van der Waals surface area contributed by atoms with Crippen LogP contribution < -0.4 is 0 Å². The zero-order valence-electron chi connectivity index (χ0n) is 12.0. The van der Waals surface area contributed by atoms with Gasteiger partial charge in [-0.05, 0) is 6.07 Å². The maximum atomic E-state index is 9.78. The zero-order valence-corrected chi connectivity index (χ0v) is 12.0. The van der Waals surface area contributed by atoms with Crippen LogP contribution in [0.2, 0.25) is 0 Å². The first-order chi connectivity index (χ1) is 10.4. The summed E-state index contributed by atoms with van der Waals surface area (Å²) in [5.74, 6) is -2.31. The second-order valence-corrected chi connectivity index (χ2v) is 5.67. The van der Waals surface area contributed by atoms with E-state index in [2.05, 4.69) is 0 Å². The minimum absolute atomic E-state index is 0.404. The molecule has 2 aliphatic rings. The van der Waals surface area contributed by atoms with E-state index in [0.29, 0.717) is 5.56 Å². The van der Waals surface area contributed by atoms with Gasteiger partial charge < -0.3 is 13.9 Å². The van der Waals surface area contributed by atoms with Gasteiger partial charge in [0, 0.05) is 12.5 Å². The van der Waals surface area contributed by atoms with Crippen LogP contribution in [0.5, 0.6) is 0 Å². The van der Waals surface area contributed by atoms with Crippen LogP contribution >= 0.6 is 0 Å². The van der Waals surface area contributed by atoms with Gasteiger partial charge in [0.1, 0.15) is 6.10 Å². The third-order valence-electron chi connectivity index (χ3n) is 4.84. The molecule has 2 aliphatic heterocycles. The van der Waals surface area contributed by atoms with Gasteiger partial charge in [-0.25, -0.2) is 0 Å². The van der Waals surface area contributed by atoms with E-state index in [1.807, 2.05) is 18.2 Å². The van der Waals surface area contributed by atoms with Gasteiger partial charge in [0.05, 0.1) is 36.7 Å². The Labute approximate surface area is 126 Å². The lowest BCUT2D eigenvalue weighted by molar-refractivity contribution is -0.269. The molecule has 0 saturated carbocycles. The number of hydrogen-bond donors (Lipinski definition) is 1. The minimum atomic E-state index is -1.90. The predicted molar refractivity (Wildman–Crippen MR) is 70.6 cm³/mol. The summed E-state index contributed by atoms with van der Waals surface area (Å²) in [6, 6.07) is 7.45. The largest absolute Gasteiger partial charge is 0.472 e. The Balaban J connectivity index is 2.34. The lowest BCUT2D eigenvalue weighted by Crippen LogP contribution is -2.57. The van der Waals surface area contributed by atoms with Crippen LogP contribution in [0.4, 0.5) is 0 Å². The number of nitriles is 3. The SMILES string of the molecule is CC1C2(C)OC(=N)C1(C#N)C(C#N)(C#N)C(c1ccoc1)O2. The average molecular weight is 296 g/mol. The van der Waals surface area contributed by atoms with Crippen molar-refractivity contribution in [3.05, 3.63) is 24.2 Å². The monoisotopic (exact) mass is 296 g/mol. The fourth-order valence-corrected chi connectivity index (χ4v) is 3.43. The molecule has 1 aromatic heterocycles. The summed E-state index contributed by atoms with van der Waals surface area (Å²) >= 11 is 0. The van der Waals surface area contributed by atoms with E-state index < -0.39 is 34.5 Å². The maximum absolute atomic E-state index is 9.78. The molecule has 2 bridgehead atoms. The van der Waals surface area contributed by atoms with Crippen LogP contribution in [-0.4, -0.2) is 11.7 Å². The molecule has 0 aromatic carbocycles. The van der Waals surface area contributed by atoms with Crippen LogP contribution in [0.1, 0.15) is 25.5 Å². The smallest absolute Gasteiger partial charge is 0.214 e. The first kappa shape index (κ1) is 14.1. The zero-order chi connectivity index (χ0) is 16.2. The van der Waals surface area contributed by atoms with Crippen LogP contribution in [-0.2, 0) is 9.47 Å². The van der Waals surface area contributed by atoms with Crippen molar-refractivity contribution in [3.63, 3.8) is 0 Å². The Morgan fingerprint density at radius 2 is 1.91 bits per heavy atom. The van der Waals surface area contributed by atoms with Gasteiger partial charge in [-0.3, -0.25) is 5.41 Å². The van der Waals surface area contributed by atoms with Crippen LogP contribution in [0.15, 0.2) is 23.0 Å². The van der Waals surface area contributed by atoms with E-state index in [1.165, 1.54) is 12.5 Å². The van der Waals surface area contributed by atoms with Crippen LogP contribution in [0, 0.1) is 56.2 Å². The molecule has 4 atom stereocenters. The lowest BCUT2D eigenvalue weighted by atomic mass is 9.54. The quantitative estimate of drug-likeness (QED) is 0.846. The van der Waals surface area contributed by atoms with E-state index in [-0.39, 0.29) is 0 Å². The minimum Gasteiger partial charge on any atom is -0.472 e. The molecule has 110 valence electrons. The maximum Gasteiger partial charge on any atom is 0.214 e. The number of rotatable bonds is 1. The van der Waals surface area contributed by atoms with Crippen molar-refractivity contribution in [2.24, 2.45) is 16.7 Å². The molecule has 7 heteroatoms. The summed E-state index contributed by atoms with van der Waals surface area (Å²) in [4.78, 5) is 0. The summed E-state index contributed by atoms with van der Waals surface area (Å²) in [5, 5.41) is 37.4. The molecule has 1 N–H and O–H groups in total. The number of ether oxygens (including phenoxy) is 2. The summed E-state index contributed by atoms with van der Waals surface area (Å²) in [6.07, 6.45) is 1.71. The molecule has 2 fully saturated rings. The van der Waals surface area contributed by atoms with Crippen molar-refractivity contribution in [1.29, 1.82) is 21.2 Å². The molecule has 0 aliphatic carbocycles. The number of hydrogen-bond acceptors (Lipinski definition) is 7. The predicted octanol–water partition coefficient (Wildman–Crippen LogP) is 2.25. The first-order valence-electron chi connectivity index (χ1n) is 6.63. The van der Waals surface area contributed by atoms with Gasteiger partial charge in [0.2, 0.25) is 17.1 Å². The molecule has 2 saturated heterocycles. The Kier molecular flexibility index (Phi) is 2.63. The number of nitrogens with one attached hydrogen (secondary N) is 1. The molecule has 3 rings (SSSR count). The molecular formula is C15H12N4O3. The Hall–Kier alpha value is -2.82. The van der Waals surface area contributed by atoms with Crippen LogP contribution in [0.3, 0.4) is 0 Å². The highest BCUT2D eigenvalue weighted by molar-refractivity contribution is 5.89. The summed E-state index contributed by atoms with van der Waals surface area (Å²) < 4.78 is 16.4. The van der Waals surface area contributed by atoms with Crippen molar-refractivity contribution >= 4 is 5.90 Å². The number of nitrogens with zero attached hydrogens (tertiary/aromatic N) is 3. The molecule has 4 unspecified atom stereocenters. The first-order valence-corrected chi connectivity index (χ1v) is 6.63. The highest BCUT2D eigenvalue weighted by Gasteiger charge is 2.78. The molecule has 3 heterocycles. The standard InChI is InChI=1S/C15H12N4O3/c1-9-13(2)21-11(10-3-4-20-5-10)14(6-16,7-17)15(9,8-18)12(19)22-13/h3-5,9,11,19H,1-2H3.